The Labute approximate surface area is 175 Å². The predicted molar refractivity (Wildman–Crippen MR) is 104 cm³/mol. The Balaban J connectivity index is 1.35. The standard InChI is InChI=1S/C21H18F3N5O2/c22-21(23,24)13-3-4-17(27-10-13)28-15-8-12-9-16(15)29(11-12)20(30)14-2-1-5-25-18(14)19-26-6-7-31-19/h1-7,10,12,15-16H,8-9,11H2,(H,27,28). The van der Waals surface area contributed by atoms with Crippen LogP contribution in [0.4, 0.5) is 19.0 Å². The minimum Gasteiger partial charge on any atom is -0.443 e. The Kier molecular flexibility index (Phi) is 4.64. The van der Waals surface area contributed by atoms with Crippen LogP contribution in [-0.4, -0.2) is 44.4 Å². The number of aromatic nitrogens is 3. The first kappa shape index (κ1) is 19.5. The van der Waals surface area contributed by atoms with Crippen LogP contribution in [0.15, 0.2) is 53.5 Å². The van der Waals surface area contributed by atoms with Crippen LogP contribution < -0.4 is 5.32 Å². The molecular weight excluding hydrogens is 411 g/mol. The van der Waals surface area contributed by atoms with E-state index in [9.17, 15) is 18.0 Å². The monoisotopic (exact) mass is 429 g/mol. The SMILES string of the molecule is O=C(c1cccnc1-c1ncco1)N1CC2CC(Nc3ccc(C(F)(F)F)cn3)C1C2. The van der Waals surface area contributed by atoms with Crippen LogP contribution in [-0.2, 0) is 6.18 Å². The molecule has 0 radical (unpaired) electrons. The molecule has 31 heavy (non-hydrogen) atoms. The third kappa shape index (κ3) is 3.62. The zero-order valence-electron chi connectivity index (χ0n) is 16.2. The molecule has 1 aliphatic heterocycles. The van der Waals surface area contributed by atoms with E-state index in [2.05, 4.69) is 20.3 Å². The van der Waals surface area contributed by atoms with Crippen LogP contribution in [0.1, 0.15) is 28.8 Å². The molecule has 5 rings (SSSR count). The lowest BCUT2D eigenvalue weighted by Gasteiger charge is -2.34. The van der Waals surface area contributed by atoms with E-state index in [4.69, 9.17) is 4.42 Å². The van der Waals surface area contributed by atoms with Gasteiger partial charge in [0.1, 0.15) is 17.8 Å². The number of alkyl halides is 3. The van der Waals surface area contributed by atoms with Gasteiger partial charge in [0.2, 0.25) is 5.89 Å². The van der Waals surface area contributed by atoms with Gasteiger partial charge in [-0.2, -0.15) is 13.2 Å². The number of piperidine rings is 1. The fraction of sp³-hybridized carbons (Fsp3) is 0.333. The molecule has 7 nitrogen and oxygen atoms in total. The van der Waals surface area contributed by atoms with E-state index in [0.29, 0.717) is 29.5 Å². The quantitative estimate of drug-likeness (QED) is 0.678. The van der Waals surface area contributed by atoms with Gasteiger partial charge < -0.3 is 14.6 Å². The van der Waals surface area contributed by atoms with E-state index in [1.807, 2.05) is 0 Å². The first-order valence-electron chi connectivity index (χ1n) is 9.86. The van der Waals surface area contributed by atoms with Crippen LogP contribution in [0, 0.1) is 5.92 Å². The average Bonchev–Trinajstić information content (AvgIpc) is 3.50. The van der Waals surface area contributed by atoms with Crippen LogP contribution in [0.5, 0.6) is 0 Å². The summed E-state index contributed by atoms with van der Waals surface area (Å²) in [5.74, 6) is 0.792. The number of halogens is 3. The summed E-state index contributed by atoms with van der Waals surface area (Å²) >= 11 is 0. The fourth-order valence-electron chi connectivity index (χ4n) is 4.49. The number of nitrogens with one attached hydrogen (secondary N) is 1. The third-order valence-corrected chi connectivity index (χ3v) is 5.84. The Morgan fingerprint density at radius 1 is 1.13 bits per heavy atom. The highest BCUT2D eigenvalue weighted by atomic mass is 19.4. The second kappa shape index (κ2) is 7.36. The van der Waals surface area contributed by atoms with E-state index in [0.717, 1.165) is 25.1 Å². The number of oxazole rings is 1. The summed E-state index contributed by atoms with van der Waals surface area (Å²) in [6, 6.07) is 5.54. The topological polar surface area (TPSA) is 84.2 Å². The van der Waals surface area contributed by atoms with Crippen molar-refractivity contribution in [3.05, 3.63) is 60.2 Å². The van der Waals surface area contributed by atoms with Gasteiger partial charge >= 0.3 is 6.18 Å². The number of likely N-dealkylation sites (tertiary alicyclic amines) is 1. The van der Waals surface area contributed by atoms with E-state index < -0.39 is 11.7 Å². The number of hydrogen-bond donors (Lipinski definition) is 1. The number of carbonyl (C=O) groups excluding carboxylic acids is 1. The molecule has 4 heterocycles. The average molecular weight is 429 g/mol. The summed E-state index contributed by atoms with van der Waals surface area (Å²) < 4.78 is 43.6. The van der Waals surface area contributed by atoms with Gasteiger partial charge in [-0.15, -0.1) is 0 Å². The van der Waals surface area contributed by atoms with Crippen molar-refractivity contribution in [1.82, 2.24) is 19.9 Å². The van der Waals surface area contributed by atoms with E-state index in [1.165, 1.54) is 18.5 Å². The Morgan fingerprint density at radius 2 is 2.00 bits per heavy atom. The summed E-state index contributed by atoms with van der Waals surface area (Å²) in [5.41, 5.74) is -0.00321. The van der Waals surface area contributed by atoms with Crippen LogP contribution in [0.25, 0.3) is 11.6 Å². The van der Waals surface area contributed by atoms with Crippen molar-refractivity contribution in [1.29, 1.82) is 0 Å². The Bertz CT molecular complexity index is 1090. The summed E-state index contributed by atoms with van der Waals surface area (Å²) in [6.07, 6.45) is 2.55. The lowest BCUT2D eigenvalue weighted by atomic mass is 10.0. The highest BCUT2D eigenvalue weighted by molar-refractivity contribution is 5.99. The van der Waals surface area contributed by atoms with Crippen molar-refractivity contribution in [3.63, 3.8) is 0 Å². The summed E-state index contributed by atoms with van der Waals surface area (Å²) in [5, 5.41) is 3.21. The molecule has 3 aromatic heterocycles. The number of carbonyl (C=O) groups is 1. The second-order valence-electron chi connectivity index (χ2n) is 7.78. The number of nitrogens with zero attached hydrogens (tertiary/aromatic N) is 4. The van der Waals surface area contributed by atoms with E-state index in [-0.39, 0.29) is 23.9 Å². The third-order valence-electron chi connectivity index (χ3n) is 5.84. The highest BCUT2D eigenvalue weighted by Gasteiger charge is 2.47. The molecular formula is C21H18F3N5O2. The molecule has 10 heteroatoms. The van der Waals surface area contributed by atoms with Gasteiger partial charge in [-0.1, -0.05) is 0 Å². The van der Waals surface area contributed by atoms with Gasteiger partial charge in [-0.25, -0.2) is 9.97 Å². The largest absolute Gasteiger partial charge is 0.443 e. The molecule has 0 aromatic carbocycles. The van der Waals surface area contributed by atoms with Gasteiger partial charge in [0, 0.05) is 25.0 Å². The Morgan fingerprint density at radius 3 is 2.68 bits per heavy atom. The molecule has 1 saturated carbocycles. The molecule has 1 N–H and O–H groups in total. The van der Waals surface area contributed by atoms with Crippen molar-refractivity contribution in [2.24, 2.45) is 5.92 Å². The summed E-state index contributed by atoms with van der Waals surface area (Å²) in [6.45, 7) is 0.627. The van der Waals surface area contributed by atoms with Gasteiger partial charge in [-0.3, -0.25) is 9.78 Å². The molecule has 3 atom stereocenters. The maximum absolute atomic E-state index is 13.4. The molecule has 160 valence electrons. The fourth-order valence-corrected chi connectivity index (χ4v) is 4.49. The normalized spacial score (nSPS) is 22.7. The van der Waals surface area contributed by atoms with Crippen molar-refractivity contribution in [2.75, 3.05) is 11.9 Å². The van der Waals surface area contributed by atoms with Crippen molar-refractivity contribution >= 4 is 11.7 Å². The lowest BCUT2D eigenvalue weighted by molar-refractivity contribution is -0.137. The van der Waals surface area contributed by atoms with Gasteiger partial charge in [-0.05, 0) is 43.0 Å². The van der Waals surface area contributed by atoms with Crippen molar-refractivity contribution < 1.29 is 22.4 Å². The minimum atomic E-state index is -4.43. The van der Waals surface area contributed by atoms with E-state index >= 15 is 0 Å². The molecule has 2 bridgehead atoms. The first-order chi connectivity index (χ1) is 14.9. The highest BCUT2D eigenvalue weighted by Crippen LogP contribution is 2.40. The number of anilines is 1. The van der Waals surface area contributed by atoms with Gasteiger partial charge in [0.15, 0.2) is 0 Å². The molecule has 1 aliphatic carbocycles. The van der Waals surface area contributed by atoms with Crippen LogP contribution in [0.3, 0.4) is 0 Å². The smallest absolute Gasteiger partial charge is 0.417 e. The second-order valence-corrected chi connectivity index (χ2v) is 7.78. The molecule has 3 aromatic rings. The maximum Gasteiger partial charge on any atom is 0.417 e. The Hall–Kier alpha value is -3.43. The van der Waals surface area contributed by atoms with Gasteiger partial charge in [0.05, 0.1) is 23.4 Å². The molecule has 2 aliphatic rings. The zero-order valence-corrected chi connectivity index (χ0v) is 16.2. The maximum atomic E-state index is 13.4. The molecule has 1 amide bonds. The summed E-state index contributed by atoms with van der Waals surface area (Å²) in [7, 11) is 0. The van der Waals surface area contributed by atoms with Crippen molar-refractivity contribution in [3.8, 4) is 11.6 Å². The van der Waals surface area contributed by atoms with Crippen LogP contribution >= 0.6 is 0 Å². The first-order valence-corrected chi connectivity index (χ1v) is 9.86. The number of rotatable bonds is 4. The van der Waals surface area contributed by atoms with Crippen molar-refractivity contribution in [2.45, 2.75) is 31.1 Å². The molecule has 2 fully saturated rings. The van der Waals surface area contributed by atoms with E-state index in [1.54, 1.807) is 23.2 Å². The minimum absolute atomic E-state index is 0.0841. The predicted octanol–water partition coefficient (Wildman–Crippen LogP) is 3.87. The molecule has 1 saturated heterocycles. The number of pyridine rings is 2. The molecule has 3 unspecified atom stereocenters. The number of amides is 1. The zero-order chi connectivity index (χ0) is 21.6. The molecule has 0 spiro atoms. The van der Waals surface area contributed by atoms with Gasteiger partial charge in [0.25, 0.3) is 5.91 Å². The number of fused-ring (bicyclic) bond motifs is 2. The number of hydrogen-bond acceptors (Lipinski definition) is 6. The summed E-state index contributed by atoms with van der Waals surface area (Å²) in [4.78, 5) is 27.4. The van der Waals surface area contributed by atoms with Crippen LogP contribution in [0.2, 0.25) is 0 Å². The lowest BCUT2D eigenvalue weighted by Crippen LogP contribution is -2.47.